The molecule has 0 aliphatic heterocycles. The number of carbonyl (C=O) groups excluding carboxylic acids is 2. The minimum atomic E-state index is -0.245. The number of anilines is 2. The zero-order valence-electron chi connectivity index (χ0n) is 17.2. The van der Waals surface area contributed by atoms with Crippen molar-refractivity contribution in [2.24, 2.45) is 0 Å². The summed E-state index contributed by atoms with van der Waals surface area (Å²) >= 11 is 1.32. The second-order valence-corrected chi connectivity index (χ2v) is 7.86. The molecule has 4 rings (SSSR count). The third-order valence-corrected chi connectivity index (χ3v) is 5.81. The van der Waals surface area contributed by atoms with Crippen LogP contribution in [0.5, 0.6) is 0 Å². The van der Waals surface area contributed by atoms with E-state index >= 15 is 0 Å². The predicted octanol–water partition coefficient (Wildman–Crippen LogP) is 4.41. The van der Waals surface area contributed by atoms with Crippen LogP contribution >= 0.6 is 11.3 Å². The number of hydrogen-bond acceptors (Lipinski definition) is 7. The lowest BCUT2D eigenvalue weighted by atomic mass is 10.1. The maximum Gasteiger partial charge on any atom is 0.266 e. The van der Waals surface area contributed by atoms with Gasteiger partial charge in [-0.2, -0.15) is 0 Å². The summed E-state index contributed by atoms with van der Waals surface area (Å²) in [6, 6.07) is 10.5. The summed E-state index contributed by atoms with van der Waals surface area (Å²) in [6.07, 6.45) is 1.57. The summed E-state index contributed by atoms with van der Waals surface area (Å²) in [5, 5.41) is 6.48. The van der Waals surface area contributed by atoms with Crippen molar-refractivity contribution in [3.05, 3.63) is 58.8 Å². The lowest BCUT2D eigenvalue weighted by Crippen LogP contribution is -2.17. The van der Waals surface area contributed by atoms with Crippen molar-refractivity contribution in [3.63, 3.8) is 0 Å². The Kier molecular flexibility index (Phi) is 5.79. The minimum absolute atomic E-state index is 0.0202. The summed E-state index contributed by atoms with van der Waals surface area (Å²) in [4.78, 5) is 34.9. The van der Waals surface area contributed by atoms with Crippen LogP contribution in [-0.4, -0.2) is 35.5 Å². The van der Waals surface area contributed by atoms with Gasteiger partial charge in [0, 0.05) is 23.9 Å². The molecular weight excluding hydrogens is 416 g/mol. The topological polar surface area (TPSA) is 106 Å². The molecule has 0 saturated carbocycles. The van der Waals surface area contributed by atoms with E-state index in [0.717, 1.165) is 21.5 Å². The van der Waals surface area contributed by atoms with Gasteiger partial charge < -0.3 is 19.8 Å². The van der Waals surface area contributed by atoms with Crippen LogP contribution in [0.3, 0.4) is 0 Å². The highest BCUT2D eigenvalue weighted by atomic mass is 32.1. The minimum Gasteiger partial charge on any atom is -0.461 e. The molecule has 2 N–H and O–H groups in total. The van der Waals surface area contributed by atoms with Gasteiger partial charge in [0.05, 0.1) is 16.8 Å². The number of methoxy groups -OCH3 is 1. The molecule has 4 aromatic rings. The monoisotopic (exact) mass is 436 g/mol. The largest absolute Gasteiger partial charge is 0.461 e. The van der Waals surface area contributed by atoms with Crippen molar-refractivity contribution >= 4 is 44.7 Å². The maximum absolute atomic E-state index is 12.9. The fourth-order valence-corrected chi connectivity index (χ4v) is 4.35. The third kappa shape index (κ3) is 4.32. The quantitative estimate of drug-likeness (QED) is 0.464. The van der Waals surface area contributed by atoms with Crippen LogP contribution in [0.1, 0.15) is 20.9 Å². The summed E-state index contributed by atoms with van der Waals surface area (Å²) < 4.78 is 10.2. The average Bonchev–Trinajstić information content (AvgIpc) is 3.38. The number of carbonyl (C=O) groups is 2. The first kappa shape index (κ1) is 20.7. The molecule has 0 aliphatic rings. The fraction of sp³-hybridized carbons (Fsp3) is 0.182. The summed E-state index contributed by atoms with van der Waals surface area (Å²) in [5.74, 6) is 0.607. The number of nitrogens with one attached hydrogen (secondary N) is 2. The molecule has 0 atom stereocenters. The van der Waals surface area contributed by atoms with Crippen molar-refractivity contribution in [3.8, 4) is 11.6 Å². The molecule has 0 spiro atoms. The standard InChI is InChI=1S/C22H20N4O4S/c1-12-18-13(2)23-20(16-5-4-10-30-16)26-22(18)31-19(12)21(28)25-15-8-6-14(7-9-15)24-17(27)11-29-3/h4-10H,11H2,1-3H3,(H,24,27)(H,25,28). The van der Waals surface area contributed by atoms with Crippen LogP contribution in [0, 0.1) is 13.8 Å². The van der Waals surface area contributed by atoms with Crippen LogP contribution < -0.4 is 10.6 Å². The van der Waals surface area contributed by atoms with Crippen molar-refractivity contribution in [2.45, 2.75) is 13.8 Å². The number of aryl methyl sites for hydroxylation is 2. The molecular formula is C22H20N4O4S. The molecule has 1 aromatic carbocycles. The lowest BCUT2D eigenvalue weighted by molar-refractivity contribution is -0.119. The Balaban J connectivity index is 1.56. The van der Waals surface area contributed by atoms with E-state index in [1.165, 1.54) is 18.4 Å². The number of furan rings is 1. The Hall–Kier alpha value is -3.56. The molecule has 0 saturated heterocycles. The van der Waals surface area contributed by atoms with Gasteiger partial charge >= 0.3 is 0 Å². The van der Waals surface area contributed by atoms with Crippen molar-refractivity contribution in [2.75, 3.05) is 24.4 Å². The van der Waals surface area contributed by atoms with Crippen LogP contribution in [0.4, 0.5) is 11.4 Å². The van der Waals surface area contributed by atoms with Crippen LogP contribution in [-0.2, 0) is 9.53 Å². The van der Waals surface area contributed by atoms with E-state index in [0.29, 0.717) is 27.8 Å². The Labute approximate surface area is 182 Å². The SMILES string of the molecule is COCC(=O)Nc1ccc(NC(=O)c2sc3nc(-c4ccco4)nc(C)c3c2C)cc1. The second kappa shape index (κ2) is 8.66. The fourth-order valence-electron chi connectivity index (χ4n) is 3.22. The first-order valence-corrected chi connectivity index (χ1v) is 10.3. The number of nitrogens with zero attached hydrogens (tertiary/aromatic N) is 2. The number of amides is 2. The first-order chi connectivity index (χ1) is 15.0. The van der Waals surface area contributed by atoms with Gasteiger partial charge in [-0.15, -0.1) is 11.3 Å². The molecule has 0 radical (unpaired) electrons. The van der Waals surface area contributed by atoms with E-state index in [-0.39, 0.29) is 18.4 Å². The number of aromatic nitrogens is 2. The highest BCUT2D eigenvalue weighted by molar-refractivity contribution is 7.20. The van der Waals surface area contributed by atoms with Crippen molar-refractivity contribution in [1.82, 2.24) is 9.97 Å². The molecule has 0 bridgehead atoms. The molecule has 158 valence electrons. The number of ether oxygens (including phenoxy) is 1. The van der Waals surface area contributed by atoms with E-state index in [2.05, 4.69) is 20.6 Å². The van der Waals surface area contributed by atoms with Gasteiger partial charge in [-0.25, -0.2) is 9.97 Å². The van der Waals surface area contributed by atoms with Gasteiger partial charge in [0.15, 0.2) is 11.6 Å². The molecule has 3 heterocycles. The van der Waals surface area contributed by atoms with E-state index in [1.54, 1.807) is 42.7 Å². The third-order valence-electron chi connectivity index (χ3n) is 4.62. The molecule has 0 aliphatic carbocycles. The first-order valence-electron chi connectivity index (χ1n) is 9.48. The van der Waals surface area contributed by atoms with E-state index in [1.807, 2.05) is 13.8 Å². The average molecular weight is 436 g/mol. The van der Waals surface area contributed by atoms with E-state index < -0.39 is 0 Å². The highest BCUT2D eigenvalue weighted by Gasteiger charge is 2.20. The van der Waals surface area contributed by atoms with Gasteiger partial charge in [0.1, 0.15) is 11.4 Å². The number of hydrogen-bond donors (Lipinski definition) is 2. The second-order valence-electron chi connectivity index (χ2n) is 6.86. The number of benzene rings is 1. The Bertz CT molecular complexity index is 1250. The summed E-state index contributed by atoms with van der Waals surface area (Å²) in [5.41, 5.74) is 2.87. The number of rotatable bonds is 6. The normalized spacial score (nSPS) is 10.9. The lowest BCUT2D eigenvalue weighted by Gasteiger charge is -2.07. The zero-order valence-corrected chi connectivity index (χ0v) is 18.0. The van der Waals surface area contributed by atoms with E-state index in [9.17, 15) is 9.59 Å². The van der Waals surface area contributed by atoms with Gasteiger partial charge in [-0.1, -0.05) is 0 Å². The molecule has 2 amide bonds. The van der Waals surface area contributed by atoms with E-state index in [4.69, 9.17) is 9.15 Å². The Morgan fingerprint density at radius 1 is 1.06 bits per heavy atom. The van der Waals surface area contributed by atoms with Crippen LogP contribution in [0.25, 0.3) is 21.8 Å². The van der Waals surface area contributed by atoms with Gasteiger partial charge in [-0.05, 0) is 55.8 Å². The summed E-state index contributed by atoms with van der Waals surface area (Å²) in [6.45, 7) is 3.77. The van der Waals surface area contributed by atoms with Crippen LogP contribution in [0.2, 0.25) is 0 Å². The van der Waals surface area contributed by atoms with Gasteiger partial charge in [0.25, 0.3) is 5.91 Å². The van der Waals surface area contributed by atoms with Crippen LogP contribution in [0.15, 0.2) is 47.1 Å². The number of thiophene rings is 1. The maximum atomic E-state index is 12.9. The van der Waals surface area contributed by atoms with Gasteiger partial charge in [0.2, 0.25) is 5.91 Å². The molecule has 0 unspecified atom stereocenters. The summed E-state index contributed by atoms with van der Waals surface area (Å²) in [7, 11) is 1.46. The van der Waals surface area contributed by atoms with Gasteiger partial charge in [-0.3, -0.25) is 9.59 Å². The molecule has 9 heteroatoms. The molecule has 31 heavy (non-hydrogen) atoms. The van der Waals surface area contributed by atoms with Crippen molar-refractivity contribution in [1.29, 1.82) is 0 Å². The predicted molar refractivity (Wildman–Crippen MR) is 119 cm³/mol. The molecule has 0 fully saturated rings. The van der Waals surface area contributed by atoms with Crippen molar-refractivity contribution < 1.29 is 18.7 Å². The number of fused-ring (bicyclic) bond motifs is 1. The zero-order chi connectivity index (χ0) is 22.0. The Morgan fingerprint density at radius 3 is 2.42 bits per heavy atom. The smallest absolute Gasteiger partial charge is 0.266 e. The molecule has 8 nitrogen and oxygen atoms in total. The highest BCUT2D eigenvalue weighted by Crippen LogP contribution is 2.33. The Morgan fingerprint density at radius 2 is 1.77 bits per heavy atom. The molecule has 3 aromatic heterocycles.